The van der Waals surface area contributed by atoms with Crippen LogP contribution in [0.4, 0.5) is 0 Å². The lowest BCUT2D eigenvalue weighted by Gasteiger charge is -2.37. The van der Waals surface area contributed by atoms with Gasteiger partial charge in [0.1, 0.15) is 39.2 Å². The number of nitrogens with one attached hydrogen (secondary N) is 2. The molecule has 2 N–H and O–H groups in total. The van der Waals surface area contributed by atoms with Crippen molar-refractivity contribution >= 4 is 80.3 Å². The summed E-state index contributed by atoms with van der Waals surface area (Å²) in [5, 5.41) is 17.2. The number of rotatable bonds is 20. The van der Waals surface area contributed by atoms with Crippen LogP contribution in [-0.2, 0) is 74.2 Å². The van der Waals surface area contributed by atoms with Crippen LogP contribution in [0.3, 0.4) is 0 Å². The van der Waals surface area contributed by atoms with Gasteiger partial charge in [0.2, 0.25) is 11.8 Å². The zero-order valence-electron chi connectivity index (χ0n) is 74.5. The first-order valence-corrected chi connectivity index (χ1v) is 38.4. The van der Waals surface area contributed by atoms with Crippen molar-refractivity contribution in [1.29, 1.82) is 5.26 Å². The van der Waals surface area contributed by atoms with Crippen molar-refractivity contribution < 1.29 is 61.0 Å². The topological polar surface area (TPSA) is 256 Å². The molecule has 19 nitrogen and oxygen atoms in total. The lowest BCUT2D eigenvalue weighted by Crippen LogP contribution is -2.40. The lowest BCUT2D eigenvalue weighted by atomic mass is 9.79. The smallest absolute Gasteiger partial charge is 0.331 e. The van der Waals surface area contributed by atoms with E-state index >= 15 is 0 Å². The van der Waals surface area contributed by atoms with E-state index in [0.717, 1.165) is 19.6 Å². The third-order valence-electron chi connectivity index (χ3n) is 14.2. The summed E-state index contributed by atoms with van der Waals surface area (Å²) in [5.41, 5.74) is -2.10. The Morgan fingerprint density at radius 3 is 0.972 bits per heavy atom. The zero-order chi connectivity index (χ0) is 87.4. The van der Waals surface area contributed by atoms with E-state index in [4.69, 9.17) is 37.5 Å². The molecule has 0 aromatic carbocycles. The molecule has 0 saturated carbocycles. The van der Waals surface area contributed by atoms with E-state index in [-0.39, 0.29) is 113 Å². The summed E-state index contributed by atoms with van der Waals surface area (Å²) >= 11 is 5.20. The van der Waals surface area contributed by atoms with E-state index in [0.29, 0.717) is 0 Å². The van der Waals surface area contributed by atoms with Crippen LogP contribution < -0.4 is 10.6 Å². The number of Topliss-reactive ketones (excluding diaryl/α,β-unsaturated/α-hetero) is 2. The molecular weight excluding hydrogens is 1400 g/mol. The average molecular weight is 1560 g/mol. The predicted octanol–water partition coefficient (Wildman–Crippen LogP) is 17.1. The second-order valence-electron chi connectivity index (χ2n) is 35.3. The van der Waals surface area contributed by atoms with E-state index in [1.54, 1.807) is 51.1 Å². The Bertz CT molecular complexity index is 2840. The van der Waals surface area contributed by atoms with Crippen molar-refractivity contribution in [3.05, 3.63) is 85.9 Å². The SMILES string of the molecule is C#CS(=O)C(C)(C)C.C/C=C/C(=O)OC(C)(C)C(C)(C)C.C=CC(=O)NC(C)(C)C.C=CC(=O)OC(C)(C)C(C)(C)C.C=CS(=O)C(C)(C)C.CC(C)C(=O)CC#N.CC(C)C(=O)CCl.CN(C)C/C=C/C(=O)C(C)(C)C.CN(C)C/C=C/C(=O)NC(C)(C)C.CN(C)C/C=C/C(=O)OC(C)(C)C(C)(C)C. The molecule has 0 fully saturated rings. The second-order valence-corrected chi connectivity index (χ2v) is 39.7. The molecule has 0 aliphatic heterocycles. The minimum absolute atomic E-state index is 0.00894. The molecule has 0 spiro atoms. The summed E-state index contributed by atoms with van der Waals surface area (Å²) in [4.78, 5) is 93.8. The van der Waals surface area contributed by atoms with Crippen molar-refractivity contribution in [3.63, 3.8) is 0 Å². The minimum Gasteiger partial charge on any atom is -0.456 e. The fourth-order valence-electron chi connectivity index (χ4n) is 4.51. The highest BCUT2D eigenvalue weighted by molar-refractivity contribution is 7.91. The van der Waals surface area contributed by atoms with Crippen LogP contribution in [-0.4, -0.2) is 175 Å². The van der Waals surface area contributed by atoms with Crippen LogP contribution >= 0.6 is 11.6 Å². The molecular formula is C84H155ClN6O13S2. The Balaban J connectivity index is -0.000000122. The normalized spacial score (nSPS) is 12.5. The molecule has 0 aromatic rings. The number of hydrogen-bond acceptors (Lipinski definition) is 17. The van der Waals surface area contributed by atoms with Gasteiger partial charge in [-0.25, -0.2) is 18.6 Å². The number of allylic oxidation sites excluding steroid dienone is 2. The third kappa shape index (κ3) is 82.1. The predicted molar refractivity (Wildman–Crippen MR) is 453 cm³/mol. The lowest BCUT2D eigenvalue weighted by molar-refractivity contribution is -0.161. The number of terminal acetylenes is 1. The molecule has 2 atom stereocenters. The minimum atomic E-state index is -1.12. The van der Waals surface area contributed by atoms with E-state index in [9.17, 15) is 46.8 Å². The summed E-state index contributed by atoms with van der Waals surface area (Å²) in [7, 11) is 9.79. The number of hydrogen-bond donors (Lipinski definition) is 2. The first-order valence-electron chi connectivity index (χ1n) is 35.5. The standard InChI is InChI=1S/C13H25NO2.C11H20O2.C10H20N2O.C10H19NO.C10H18O2.C7H13NO.C6H9NO.C6H12OS.C6H10OS.C5H9ClO/c1-12(2,3)13(4,5)16-11(15)9-8-10-14(6)7;1-7-8-9(12)13-11(5,6)10(2,3)4;1-10(2,3)11-9(13)7-6-8-12(4)5;1-10(2,3)9(12)7-6-8-11(4)5;1-7-8(11)12-10(5,6)9(2,3)4;1-5-6(9)8-7(2,3)4;1-5(2)6(8)3-4-7;2*1-5-8(7)6(2,3)4;1-4(2)5(7)3-6/h8-9H,10H2,1-7H3;7-8H,1-6H3;6-7H,8H2,1-5H3,(H,11,13);6-7H,8H2,1-5H3;7H,1H2,2-6H3;5H,1H2,2-4H3,(H,8,9);5H,3H2,1-2H3;5H,1H2,2-4H3;1H,2-4H3;4H,3H2,1-2H3/b9-8+;8-7+;2*7-6+;;;;;;. The number of halogens is 1. The number of esters is 3. The van der Waals surface area contributed by atoms with Crippen molar-refractivity contribution in [2.75, 3.05) is 67.8 Å². The molecule has 0 aliphatic carbocycles. The van der Waals surface area contributed by atoms with Crippen LogP contribution in [0, 0.1) is 56.5 Å². The number of alkyl halides is 1. The summed E-state index contributed by atoms with van der Waals surface area (Å²) in [5.74, 6) is -0.501. The number of carbonyl (C=O) groups excluding carboxylic acids is 8. The molecule has 0 heterocycles. The van der Waals surface area contributed by atoms with Crippen LogP contribution in [0.15, 0.2) is 85.9 Å². The van der Waals surface area contributed by atoms with Crippen molar-refractivity contribution in [3.8, 4) is 17.7 Å². The zero-order valence-corrected chi connectivity index (χ0v) is 76.9. The quantitative estimate of drug-likeness (QED) is 0.0377. The Hall–Kier alpha value is -5.94. The van der Waals surface area contributed by atoms with Gasteiger partial charge < -0.3 is 39.5 Å². The molecule has 0 rings (SSSR count). The highest BCUT2D eigenvalue weighted by Gasteiger charge is 2.38. The van der Waals surface area contributed by atoms with Gasteiger partial charge in [0.15, 0.2) is 5.78 Å². The van der Waals surface area contributed by atoms with E-state index in [1.165, 1.54) is 29.7 Å². The van der Waals surface area contributed by atoms with Gasteiger partial charge in [0.25, 0.3) is 0 Å². The van der Waals surface area contributed by atoms with E-state index in [1.807, 2.05) is 249 Å². The van der Waals surface area contributed by atoms with Crippen LogP contribution in [0.5, 0.6) is 0 Å². The summed E-state index contributed by atoms with van der Waals surface area (Å²) < 4.78 is 37.1. The fraction of sp³-hybridized carbons (Fsp3) is 0.702. The first kappa shape index (κ1) is 121. The molecule has 0 aromatic heterocycles. The number of likely N-dealkylation sites (N-methyl/N-ethyl adjacent to an activating group) is 3. The van der Waals surface area contributed by atoms with Crippen molar-refractivity contribution in [2.24, 2.45) is 33.5 Å². The van der Waals surface area contributed by atoms with Gasteiger partial charge in [0, 0.05) is 98.0 Å². The molecule has 0 saturated heterocycles. The number of nitrogens with zero attached hydrogens (tertiary/aromatic N) is 4. The Kier molecular flexibility index (Phi) is 66.3. The molecule has 618 valence electrons. The first-order chi connectivity index (χ1) is 46.9. The van der Waals surface area contributed by atoms with Crippen LogP contribution in [0.25, 0.3) is 0 Å². The Labute approximate surface area is 659 Å². The number of amides is 2. The molecule has 2 unspecified atom stereocenters. The summed E-state index contributed by atoms with van der Waals surface area (Å²) in [6.45, 7) is 80.2. The van der Waals surface area contributed by atoms with Gasteiger partial charge in [-0.3, -0.25) is 28.2 Å². The summed E-state index contributed by atoms with van der Waals surface area (Å²) in [6.07, 6.45) is 20.8. The maximum Gasteiger partial charge on any atom is 0.331 e. The van der Waals surface area contributed by atoms with Crippen LogP contribution in [0.1, 0.15) is 249 Å². The number of carbonyl (C=O) groups is 8. The van der Waals surface area contributed by atoms with Crippen molar-refractivity contribution in [2.45, 2.75) is 286 Å². The monoisotopic (exact) mass is 1560 g/mol. The second kappa shape index (κ2) is 58.1. The Morgan fingerprint density at radius 1 is 0.481 bits per heavy atom. The summed E-state index contributed by atoms with van der Waals surface area (Å²) in [6, 6.07) is 1.80. The van der Waals surface area contributed by atoms with E-state index in [2.05, 4.69) is 77.2 Å². The van der Waals surface area contributed by atoms with Gasteiger partial charge in [-0.2, -0.15) is 5.26 Å². The Morgan fingerprint density at radius 2 is 0.792 bits per heavy atom. The van der Waals surface area contributed by atoms with E-state index < -0.39 is 38.4 Å². The number of nitriles is 1. The largest absolute Gasteiger partial charge is 0.456 e. The molecule has 106 heavy (non-hydrogen) atoms. The molecule has 0 aliphatic rings. The highest BCUT2D eigenvalue weighted by Crippen LogP contribution is 2.35. The average Bonchev–Trinajstić information content (AvgIpc) is 0.847. The molecule has 2 amide bonds. The molecule has 0 bridgehead atoms. The van der Waals surface area contributed by atoms with Gasteiger partial charge in [-0.05, 0) is 197 Å². The maximum atomic E-state index is 11.6. The van der Waals surface area contributed by atoms with Crippen LogP contribution in [0.2, 0.25) is 0 Å². The van der Waals surface area contributed by atoms with Gasteiger partial charge >= 0.3 is 17.9 Å². The van der Waals surface area contributed by atoms with Crippen molar-refractivity contribution in [1.82, 2.24) is 25.3 Å². The number of ketones is 3. The van der Waals surface area contributed by atoms with Gasteiger partial charge in [-0.15, -0.1) is 18.0 Å². The molecule has 22 heteroatoms. The van der Waals surface area contributed by atoms with Gasteiger partial charge in [-0.1, -0.05) is 155 Å². The highest BCUT2D eigenvalue weighted by atomic mass is 35.5. The number of ether oxygens (including phenoxy) is 3. The third-order valence-corrected chi connectivity index (χ3v) is 17.3. The molecule has 0 radical (unpaired) electrons. The maximum absolute atomic E-state index is 11.6. The fourth-order valence-corrected chi connectivity index (χ4v) is 5.67. The van der Waals surface area contributed by atoms with Gasteiger partial charge in [0.05, 0.1) is 29.2 Å².